The highest BCUT2D eigenvalue weighted by atomic mass is 32.1. The van der Waals surface area contributed by atoms with E-state index in [4.69, 9.17) is 4.98 Å². The molecule has 1 amide bonds. The third kappa shape index (κ3) is 3.95. The van der Waals surface area contributed by atoms with Crippen LogP contribution in [0, 0.1) is 0 Å². The lowest BCUT2D eigenvalue weighted by atomic mass is 10.1. The summed E-state index contributed by atoms with van der Waals surface area (Å²) in [4.78, 5) is 35.7. The standard InChI is InChI=1S/C23H25N5O2S/c29-20(24-10-7-16-15-25-18-6-2-1-5-17(16)18)8-13-28-22(30)21-19(9-14-31-21)26-23(28)27-11-3-4-12-27/h1-2,5-6,9,14-15,25H,3-4,7-8,10-13H2,(H,24,29). The summed E-state index contributed by atoms with van der Waals surface area (Å²) in [5, 5.41) is 6.08. The van der Waals surface area contributed by atoms with Gasteiger partial charge in [0.25, 0.3) is 5.56 Å². The Morgan fingerprint density at radius 2 is 2.03 bits per heavy atom. The van der Waals surface area contributed by atoms with E-state index >= 15 is 0 Å². The van der Waals surface area contributed by atoms with Gasteiger partial charge in [-0.25, -0.2) is 4.98 Å². The first-order valence-electron chi connectivity index (χ1n) is 10.8. The summed E-state index contributed by atoms with van der Waals surface area (Å²) in [6.07, 6.45) is 5.23. The molecule has 5 rings (SSSR count). The normalized spacial score (nSPS) is 14.0. The molecule has 0 aliphatic carbocycles. The minimum absolute atomic E-state index is 0.0477. The number of anilines is 1. The Morgan fingerprint density at radius 3 is 2.90 bits per heavy atom. The van der Waals surface area contributed by atoms with Crippen molar-refractivity contribution < 1.29 is 4.79 Å². The maximum absolute atomic E-state index is 13.0. The average molecular weight is 436 g/mol. The minimum Gasteiger partial charge on any atom is -0.361 e. The van der Waals surface area contributed by atoms with Crippen LogP contribution in [0.25, 0.3) is 21.1 Å². The number of fused-ring (bicyclic) bond motifs is 2. The number of amides is 1. The Bertz CT molecular complexity index is 1280. The number of para-hydroxylation sites is 1. The van der Waals surface area contributed by atoms with Gasteiger partial charge in [0, 0.05) is 49.7 Å². The smallest absolute Gasteiger partial charge is 0.272 e. The monoisotopic (exact) mass is 435 g/mol. The molecule has 3 aromatic heterocycles. The van der Waals surface area contributed by atoms with Crippen LogP contribution in [0.15, 0.2) is 46.7 Å². The van der Waals surface area contributed by atoms with Crippen LogP contribution in [-0.4, -0.2) is 40.1 Å². The summed E-state index contributed by atoms with van der Waals surface area (Å²) in [7, 11) is 0. The van der Waals surface area contributed by atoms with Crippen molar-refractivity contribution in [2.45, 2.75) is 32.2 Å². The minimum atomic E-state index is -0.0506. The Kier molecular flexibility index (Phi) is 5.46. The molecule has 8 heteroatoms. The molecule has 0 unspecified atom stereocenters. The van der Waals surface area contributed by atoms with Crippen molar-refractivity contribution in [2.24, 2.45) is 0 Å². The number of H-pyrrole nitrogens is 1. The third-order valence-corrected chi connectivity index (χ3v) is 6.78. The van der Waals surface area contributed by atoms with Crippen LogP contribution in [0.5, 0.6) is 0 Å². The number of carbonyl (C=O) groups is 1. The molecule has 1 fully saturated rings. The second kappa shape index (κ2) is 8.55. The number of nitrogens with one attached hydrogen (secondary N) is 2. The predicted molar refractivity (Wildman–Crippen MR) is 125 cm³/mol. The molecule has 0 atom stereocenters. The molecule has 0 spiro atoms. The SMILES string of the molecule is O=C(CCn1c(N2CCCC2)nc2ccsc2c1=O)NCCc1c[nH]c2ccccc12. The number of nitrogens with zero attached hydrogens (tertiary/aromatic N) is 3. The van der Waals surface area contributed by atoms with Gasteiger partial charge in [-0.2, -0.15) is 0 Å². The average Bonchev–Trinajstić information content (AvgIpc) is 3.54. The zero-order chi connectivity index (χ0) is 21.2. The largest absolute Gasteiger partial charge is 0.361 e. The van der Waals surface area contributed by atoms with Gasteiger partial charge in [0.2, 0.25) is 11.9 Å². The molecule has 31 heavy (non-hydrogen) atoms. The zero-order valence-corrected chi connectivity index (χ0v) is 18.1. The number of hydrogen-bond acceptors (Lipinski definition) is 5. The fraction of sp³-hybridized carbons (Fsp3) is 0.348. The second-order valence-electron chi connectivity index (χ2n) is 7.91. The maximum Gasteiger partial charge on any atom is 0.272 e. The summed E-state index contributed by atoms with van der Waals surface area (Å²) >= 11 is 1.41. The van der Waals surface area contributed by atoms with Crippen molar-refractivity contribution in [1.29, 1.82) is 0 Å². The van der Waals surface area contributed by atoms with Gasteiger partial charge >= 0.3 is 0 Å². The number of benzene rings is 1. The maximum atomic E-state index is 13.0. The van der Waals surface area contributed by atoms with E-state index < -0.39 is 0 Å². The van der Waals surface area contributed by atoms with E-state index in [1.54, 1.807) is 4.57 Å². The summed E-state index contributed by atoms with van der Waals surface area (Å²) in [5.74, 6) is 0.644. The van der Waals surface area contributed by atoms with Gasteiger partial charge in [0.15, 0.2) is 0 Å². The zero-order valence-electron chi connectivity index (χ0n) is 17.3. The van der Waals surface area contributed by atoms with Crippen LogP contribution in [0.4, 0.5) is 5.95 Å². The number of rotatable bonds is 7. The number of carbonyl (C=O) groups excluding carboxylic acids is 1. The van der Waals surface area contributed by atoms with Gasteiger partial charge < -0.3 is 15.2 Å². The summed E-state index contributed by atoms with van der Waals surface area (Å²) in [5.41, 5.74) is 3.00. The van der Waals surface area contributed by atoms with E-state index in [0.717, 1.165) is 43.4 Å². The van der Waals surface area contributed by atoms with Crippen LogP contribution in [-0.2, 0) is 17.8 Å². The molecule has 160 valence electrons. The van der Waals surface area contributed by atoms with Gasteiger partial charge in [-0.15, -0.1) is 11.3 Å². The van der Waals surface area contributed by atoms with Crippen molar-refractivity contribution in [3.05, 3.63) is 57.8 Å². The highest BCUT2D eigenvalue weighted by Crippen LogP contribution is 2.22. The Hall–Kier alpha value is -3.13. The number of aromatic amines is 1. The first-order chi connectivity index (χ1) is 15.2. The van der Waals surface area contributed by atoms with Crippen molar-refractivity contribution in [1.82, 2.24) is 19.9 Å². The van der Waals surface area contributed by atoms with E-state index in [1.165, 1.54) is 22.3 Å². The van der Waals surface area contributed by atoms with Crippen LogP contribution in [0.2, 0.25) is 0 Å². The van der Waals surface area contributed by atoms with Crippen molar-refractivity contribution >= 4 is 44.3 Å². The van der Waals surface area contributed by atoms with Crippen LogP contribution < -0.4 is 15.8 Å². The Labute approximate surface area is 183 Å². The van der Waals surface area contributed by atoms with Gasteiger partial charge in [0.1, 0.15) is 4.70 Å². The molecule has 1 aliphatic heterocycles. The summed E-state index contributed by atoms with van der Waals surface area (Å²) in [6, 6.07) is 10.1. The molecule has 0 saturated carbocycles. The van der Waals surface area contributed by atoms with Crippen molar-refractivity contribution in [3.63, 3.8) is 0 Å². The van der Waals surface area contributed by atoms with E-state index in [2.05, 4.69) is 21.3 Å². The van der Waals surface area contributed by atoms with E-state index in [1.807, 2.05) is 35.8 Å². The topological polar surface area (TPSA) is 83.0 Å². The number of aromatic nitrogens is 3. The molecule has 1 saturated heterocycles. The molecule has 2 N–H and O–H groups in total. The molecular formula is C23H25N5O2S. The van der Waals surface area contributed by atoms with E-state index in [-0.39, 0.29) is 17.9 Å². The molecule has 0 radical (unpaired) electrons. The first kappa shape index (κ1) is 19.8. The van der Waals surface area contributed by atoms with Gasteiger partial charge in [0.05, 0.1) is 5.52 Å². The molecule has 1 aliphatic rings. The molecular weight excluding hydrogens is 410 g/mol. The van der Waals surface area contributed by atoms with Crippen LogP contribution in [0.3, 0.4) is 0 Å². The third-order valence-electron chi connectivity index (χ3n) is 5.89. The fourth-order valence-corrected chi connectivity index (χ4v) is 5.05. The lowest BCUT2D eigenvalue weighted by Gasteiger charge is -2.21. The van der Waals surface area contributed by atoms with Gasteiger partial charge in [-0.3, -0.25) is 14.2 Å². The predicted octanol–water partition coefficient (Wildman–Crippen LogP) is 3.29. The molecule has 1 aromatic carbocycles. The van der Waals surface area contributed by atoms with Crippen LogP contribution >= 0.6 is 11.3 Å². The molecule has 4 aromatic rings. The van der Waals surface area contributed by atoms with Crippen molar-refractivity contribution in [3.8, 4) is 0 Å². The highest BCUT2D eigenvalue weighted by Gasteiger charge is 2.21. The van der Waals surface area contributed by atoms with Gasteiger partial charge in [-0.05, 0) is 42.3 Å². The summed E-state index contributed by atoms with van der Waals surface area (Å²) < 4.78 is 2.34. The Balaban J connectivity index is 1.25. The number of hydrogen-bond donors (Lipinski definition) is 2. The van der Waals surface area contributed by atoms with Crippen molar-refractivity contribution in [2.75, 3.05) is 24.5 Å². The molecule has 4 heterocycles. The molecule has 7 nitrogen and oxygen atoms in total. The lowest BCUT2D eigenvalue weighted by Crippen LogP contribution is -2.33. The number of thiophene rings is 1. The Morgan fingerprint density at radius 1 is 1.19 bits per heavy atom. The van der Waals surface area contributed by atoms with Gasteiger partial charge in [-0.1, -0.05) is 18.2 Å². The highest BCUT2D eigenvalue weighted by molar-refractivity contribution is 7.17. The summed E-state index contributed by atoms with van der Waals surface area (Å²) in [6.45, 7) is 2.71. The lowest BCUT2D eigenvalue weighted by molar-refractivity contribution is -0.121. The fourth-order valence-electron chi connectivity index (χ4n) is 4.27. The molecule has 0 bridgehead atoms. The van der Waals surface area contributed by atoms with E-state index in [9.17, 15) is 9.59 Å². The van der Waals surface area contributed by atoms with E-state index in [0.29, 0.717) is 23.7 Å². The quantitative estimate of drug-likeness (QED) is 0.467. The second-order valence-corrected chi connectivity index (χ2v) is 8.82. The first-order valence-corrected chi connectivity index (χ1v) is 11.6. The van der Waals surface area contributed by atoms with Crippen LogP contribution in [0.1, 0.15) is 24.8 Å².